The van der Waals surface area contributed by atoms with E-state index >= 15 is 0 Å². The van der Waals surface area contributed by atoms with Gasteiger partial charge in [-0.1, -0.05) is 6.07 Å². The molecule has 0 radical (unpaired) electrons. The number of nitrogen functional groups attached to an aromatic ring is 2. The lowest BCUT2D eigenvalue weighted by Gasteiger charge is -2.17. The molecular weight excluding hydrogens is 365 g/mol. The monoisotopic (exact) mass is 378 g/mol. The van der Waals surface area contributed by atoms with Gasteiger partial charge in [0.25, 0.3) is 5.56 Å². The van der Waals surface area contributed by atoms with E-state index in [9.17, 15) is 22.8 Å². The number of rotatable bonds is 2. The zero-order valence-corrected chi connectivity index (χ0v) is 13.9. The minimum Gasteiger partial charge on any atom is -0.465 e. The molecule has 0 saturated heterocycles. The summed E-state index contributed by atoms with van der Waals surface area (Å²) >= 11 is 0. The largest absolute Gasteiger partial charge is 0.465 e. The second-order valence-corrected chi connectivity index (χ2v) is 5.59. The van der Waals surface area contributed by atoms with Crippen LogP contribution in [0.1, 0.15) is 15.9 Å². The Kier molecular flexibility index (Phi) is 4.26. The van der Waals surface area contributed by atoms with Gasteiger partial charge in [-0.05, 0) is 18.2 Å². The third kappa shape index (κ3) is 3.05. The average Bonchev–Trinajstić information content (AvgIpc) is 2.60. The Labute approximate surface area is 150 Å². The van der Waals surface area contributed by atoms with Gasteiger partial charge in [0.05, 0.1) is 29.6 Å². The molecule has 3 aromatic rings. The number of hydrogen-bond donors (Lipinski definition) is 2. The van der Waals surface area contributed by atoms with Crippen molar-refractivity contribution in [3.63, 3.8) is 0 Å². The number of esters is 1. The predicted molar refractivity (Wildman–Crippen MR) is 92.5 cm³/mol. The maximum atomic E-state index is 13.2. The Balaban J connectivity index is 2.52. The number of halogens is 3. The van der Waals surface area contributed by atoms with Crippen molar-refractivity contribution in [2.45, 2.75) is 6.18 Å². The first-order valence-corrected chi connectivity index (χ1v) is 7.50. The molecule has 10 heteroatoms. The first kappa shape index (κ1) is 18.2. The Bertz CT molecular complexity index is 1120. The third-order valence-electron chi connectivity index (χ3n) is 3.95. The van der Waals surface area contributed by atoms with Gasteiger partial charge in [-0.3, -0.25) is 9.36 Å². The Morgan fingerprint density at radius 1 is 1.19 bits per heavy atom. The van der Waals surface area contributed by atoms with E-state index in [2.05, 4.69) is 9.72 Å². The van der Waals surface area contributed by atoms with E-state index in [1.54, 1.807) is 0 Å². The molecule has 0 bridgehead atoms. The summed E-state index contributed by atoms with van der Waals surface area (Å²) < 4.78 is 45.0. The molecule has 27 heavy (non-hydrogen) atoms. The molecule has 0 aliphatic heterocycles. The maximum absolute atomic E-state index is 13.2. The van der Waals surface area contributed by atoms with Crippen LogP contribution in [0.15, 0.2) is 41.3 Å². The van der Waals surface area contributed by atoms with Crippen molar-refractivity contribution in [3.05, 3.63) is 58.0 Å². The summed E-state index contributed by atoms with van der Waals surface area (Å²) in [6.07, 6.45) is -3.35. The average molecular weight is 378 g/mol. The molecule has 7 nitrogen and oxygen atoms in total. The Morgan fingerprint density at radius 3 is 2.48 bits per heavy atom. The molecule has 0 aliphatic carbocycles. The third-order valence-corrected chi connectivity index (χ3v) is 3.95. The number of anilines is 2. The van der Waals surface area contributed by atoms with E-state index in [1.807, 2.05) is 0 Å². The van der Waals surface area contributed by atoms with E-state index in [0.717, 1.165) is 29.9 Å². The summed E-state index contributed by atoms with van der Waals surface area (Å²) in [5.41, 5.74) is 8.85. The summed E-state index contributed by atoms with van der Waals surface area (Å²) in [5.74, 6) is -0.967. The number of pyridine rings is 2. The second-order valence-electron chi connectivity index (χ2n) is 5.59. The first-order chi connectivity index (χ1) is 12.6. The van der Waals surface area contributed by atoms with Gasteiger partial charge in [-0.15, -0.1) is 0 Å². The number of carbonyl (C=O) groups is 1. The smallest absolute Gasteiger partial charge is 0.416 e. The molecule has 0 saturated carbocycles. The quantitative estimate of drug-likeness (QED) is 0.662. The zero-order valence-electron chi connectivity index (χ0n) is 13.9. The number of hydrogen-bond acceptors (Lipinski definition) is 6. The van der Waals surface area contributed by atoms with Crippen LogP contribution >= 0.6 is 0 Å². The zero-order chi connectivity index (χ0) is 19.9. The number of carbonyl (C=O) groups excluding carboxylic acids is 1. The number of benzene rings is 1. The molecule has 2 aromatic heterocycles. The lowest BCUT2D eigenvalue weighted by atomic mass is 10.1. The number of ether oxygens (including phenoxy) is 1. The van der Waals surface area contributed by atoms with Crippen molar-refractivity contribution in [1.82, 2.24) is 9.55 Å². The number of aromatic nitrogens is 2. The molecule has 0 spiro atoms. The normalized spacial score (nSPS) is 11.6. The van der Waals surface area contributed by atoms with E-state index in [4.69, 9.17) is 11.5 Å². The molecule has 2 heterocycles. The summed E-state index contributed by atoms with van der Waals surface area (Å²) in [6, 6.07) is 5.35. The van der Waals surface area contributed by atoms with Crippen LogP contribution in [-0.2, 0) is 10.9 Å². The molecule has 4 N–H and O–H groups in total. The van der Waals surface area contributed by atoms with Crippen molar-refractivity contribution >= 4 is 28.4 Å². The lowest BCUT2D eigenvalue weighted by molar-refractivity contribution is -0.137. The Morgan fingerprint density at radius 2 is 1.89 bits per heavy atom. The van der Waals surface area contributed by atoms with Crippen LogP contribution in [0.25, 0.3) is 16.6 Å². The van der Waals surface area contributed by atoms with E-state index < -0.39 is 28.8 Å². The summed E-state index contributed by atoms with van der Waals surface area (Å²) in [6.45, 7) is 0. The maximum Gasteiger partial charge on any atom is 0.416 e. The Hall–Kier alpha value is -3.56. The van der Waals surface area contributed by atoms with Gasteiger partial charge in [-0.2, -0.15) is 13.2 Å². The predicted octanol–water partition coefficient (Wildman–Crippen LogP) is 2.36. The summed E-state index contributed by atoms with van der Waals surface area (Å²) in [5, 5.41) is 0.0818. The number of methoxy groups -OCH3 is 1. The van der Waals surface area contributed by atoms with Crippen LogP contribution in [0.3, 0.4) is 0 Å². The molecule has 3 rings (SSSR count). The minimum atomic E-state index is -4.64. The van der Waals surface area contributed by atoms with Crippen LogP contribution in [0.5, 0.6) is 0 Å². The molecule has 0 aliphatic rings. The van der Waals surface area contributed by atoms with Gasteiger partial charge < -0.3 is 16.2 Å². The highest BCUT2D eigenvalue weighted by atomic mass is 19.4. The molecular formula is C17H13F3N4O3. The fourth-order valence-corrected chi connectivity index (χ4v) is 2.72. The van der Waals surface area contributed by atoms with Crippen LogP contribution in [0.2, 0.25) is 0 Å². The van der Waals surface area contributed by atoms with Crippen LogP contribution in [0.4, 0.5) is 24.7 Å². The second kappa shape index (κ2) is 6.31. The minimum absolute atomic E-state index is 0.0379. The van der Waals surface area contributed by atoms with Crippen molar-refractivity contribution in [2.24, 2.45) is 0 Å². The van der Waals surface area contributed by atoms with Crippen molar-refractivity contribution in [1.29, 1.82) is 0 Å². The van der Waals surface area contributed by atoms with E-state index in [1.165, 1.54) is 18.3 Å². The van der Waals surface area contributed by atoms with Gasteiger partial charge in [-0.25, -0.2) is 9.78 Å². The number of nitrogens with zero attached hydrogens (tertiary/aromatic N) is 2. The highest BCUT2D eigenvalue weighted by Gasteiger charge is 2.32. The molecule has 0 unspecified atom stereocenters. The first-order valence-electron chi connectivity index (χ1n) is 7.50. The van der Waals surface area contributed by atoms with Gasteiger partial charge in [0.15, 0.2) is 0 Å². The van der Waals surface area contributed by atoms with Crippen molar-refractivity contribution in [3.8, 4) is 5.69 Å². The SMILES string of the molecule is COC(=O)c1c(N)c2ccc(C(F)(F)F)cc2n(-c2ccnc(N)c2)c1=O. The van der Waals surface area contributed by atoms with Gasteiger partial charge in [0, 0.05) is 17.6 Å². The fraction of sp³-hybridized carbons (Fsp3) is 0.118. The number of alkyl halides is 3. The van der Waals surface area contributed by atoms with E-state index in [-0.39, 0.29) is 28.1 Å². The van der Waals surface area contributed by atoms with Crippen LogP contribution in [0, 0.1) is 0 Å². The van der Waals surface area contributed by atoms with Crippen molar-refractivity contribution < 1.29 is 22.7 Å². The van der Waals surface area contributed by atoms with Gasteiger partial charge in [0.2, 0.25) is 0 Å². The topological polar surface area (TPSA) is 113 Å². The highest BCUT2D eigenvalue weighted by molar-refractivity contribution is 6.04. The molecule has 0 atom stereocenters. The standard InChI is InChI=1S/C17H13F3N4O3/c1-27-16(26)13-14(22)10-3-2-8(17(18,19)20)6-11(10)24(15(13)25)9-4-5-23-12(21)7-9/h2-7H,22H2,1H3,(H2,21,23). The summed E-state index contributed by atoms with van der Waals surface area (Å²) in [4.78, 5) is 28.7. The van der Waals surface area contributed by atoms with Gasteiger partial charge >= 0.3 is 12.1 Å². The van der Waals surface area contributed by atoms with Crippen LogP contribution in [-0.4, -0.2) is 22.6 Å². The van der Waals surface area contributed by atoms with E-state index in [0.29, 0.717) is 0 Å². The molecule has 1 aromatic carbocycles. The van der Waals surface area contributed by atoms with Crippen LogP contribution < -0.4 is 17.0 Å². The summed E-state index contributed by atoms with van der Waals surface area (Å²) in [7, 11) is 1.06. The number of nitrogens with two attached hydrogens (primary N) is 2. The fourth-order valence-electron chi connectivity index (χ4n) is 2.72. The lowest BCUT2D eigenvalue weighted by Crippen LogP contribution is -2.28. The molecule has 140 valence electrons. The highest BCUT2D eigenvalue weighted by Crippen LogP contribution is 2.34. The van der Waals surface area contributed by atoms with Crippen molar-refractivity contribution in [2.75, 3.05) is 18.6 Å². The van der Waals surface area contributed by atoms with Gasteiger partial charge in [0.1, 0.15) is 11.4 Å². The molecule has 0 fully saturated rings. The number of fused-ring (bicyclic) bond motifs is 1. The molecule has 0 amide bonds.